The number of ketones is 1. The van der Waals surface area contributed by atoms with Gasteiger partial charge < -0.3 is 5.11 Å². The number of halogens is 1. The molecule has 2 rings (SSSR count). The molecule has 0 saturated heterocycles. The molecule has 0 radical (unpaired) electrons. The second-order valence-electron chi connectivity index (χ2n) is 5.12. The molecule has 2 aromatic carbocycles. The lowest BCUT2D eigenvalue weighted by Gasteiger charge is -2.34. The molecule has 0 spiro atoms. The average molecular weight is 347 g/mol. The number of alkyl halides is 1. The fraction of sp³-hybridized carbons (Fsp3) is 0.278. The first-order chi connectivity index (χ1) is 10.1. The highest BCUT2D eigenvalue weighted by Crippen LogP contribution is 2.36. The number of hydrogen-bond donors (Lipinski definition) is 1. The summed E-state index contributed by atoms with van der Waals surface area (Å²) in [5.74, 6) is -0.509. The van der Waals surface area contributed by atoms with Gasteiger partial charge in [-0.2, -0.15) is 0 Å². The van der Waals surface area contributed by atoms with Gasteiger partial charge in [0.1, 0.15) is 5.60 Å². The van der Waals surface area contributed by atoms with Gasteiger partial charge >= 0.3 is 0 Å². The van der Waals surface area contributed by atoms with Crippen molar-refractivity contribution in [2.45, 2.75) is 18.9 Å². The number of carbonyl (C=O) groups is 1. The maximum Gasteiger partial charge on any atom is 0.169 e. The molecule has 110 valence electrons. The minimum absolute atomic E-state index is 0.0242. The average Bonchev–Trinajstić information content (AvgIpc) is 2.56. The van der Waals surface area contributed by atoms with Crippen molar-refractivity contribution in [3.8, 4) is 0 Å². The molecule has 0 saturated carbocycles. The zero-order chi connectivity index (χ0) is 15.3. The molecule has 2 atom stereocenters. The molecular weight excluding hydrogens is 328 g/mol. The standard InChI is InChI=1S/C18H19BrO2/c1-2-16(17(20)14-9-5-3-6-10-14)18(21,13-19)15-11-7-4-8-12-15/h3-12,16,21H,2,13H2,1H3/t16-,18-/m0/s1. The molecule has 2 aromatic rings. The van der Waals surface area contributed by atoms with Crippen LogP contribution < -0.4 is 0 Å². The smallest absolute Gasteiger partial charge is 0.169 e. The van der Waals surface area contributed by atoms with E-state index >= 15 is 0 Å². The van der Waals surface area contributed by atoms with E-state index in [1.807, 2.05) is 55.5 Å². The van der Waals surface area contributed by atoms with Crippen molar-refractivity contribution in [3.63, 3.8) is 0 Å². The van der Waals surface area contributed by atoms with Gasteiger partial charge in [-0.05, 0) is 12.0 Å². The predicted molar refractivity (Wildman–Crippen MR) is 88.7 cm³/mol. The lowest BCUT2D eigenvalue weighted by atomic mass is 9.77. The molecule has 0 heterocycles. The Hall–Kier alpha value is -1.45. The molecule has 3 heteroatoms. The van der Waals surface area contributed by atoms with Crippen LogP contribution in [-0.4, -0.2) is 16.2 Å². The van der Waals surface area contributed by atoms with Crippen LogP contribution in [0.25, 0.3) is 0 Å². The van der Waals surface area contributed by atoms with Crippen LogP contribution in [0, 0.1) is 5.92 Å². The molecular formula is C18H19BrO2. The summed E-state index contributed by atoms with van der Waals surface area (Å²) >= 11 is 3.39. The van der Waals surface area contributed by atoms with E-state index in [4.69, 9.17) is 0 Å². The van der Waals surface area contributed by atoms with Crippen molar-refractivity contribution < 1.29 is 9.90 Å². The van der Waals surface area contributed by atoms with E-state index in [9.17, 15) is 9.90 Å². The summed E-state index contributed by atoms with van der Waals surface area (Å²) < 4.78 is 0. The van der Waals surface area contributed by atoms with E-state index in [0.29, 0.717) is 17.3 Å². The Morgan fingerprint density at radius 1 is 1.10 bits per heavy atom. The van der Waals surface area contributed by atoms with Crippen LogP contribution >= 0.6 is 15.9 Å². The third-order valence-corrected chi connectivity index (χ3v) is 4.69. The lowest BCUT2D eigenvalue weighted by Crippen LogP contribution is -2.41. The maximum atomic E-state index is 12.8. The van der Waals surface area contributed by atoms with Crippen molar-refractivity contribution in [2.75, 3.05) is 5.33 Å². The van der Waals surface area contributed by atoms with Gasteiger partial charge in [-0.1, -0.05) is 83.5 Å². The van der Waals surface area contributed by atoms with Gasteiger partial charge in [-0.3, -0.25) is 4.79 Å². The van der Waals surface area contributed by atoms with Crippen LogP contribution in [0.5, 0.6) is 0 Å². The molecule has 0 aromatic heterocycles. The van der Waals surface area contributed by atoms with Crippen molar-refractivity contribution in [1.29, 1.82) is 0 Å². The van der Waals surface area contributed by atoms with Gasteiger partial charge in [0.25, 0.3) is 0 Å². The topological polar surface area (TPSA) is 37.3 Å². The van der Waals surface area contributed by atoms with E-state index in [0.717, 1.165) is 5.56 Å². The molecule has 0 unspecified atom stereocenters. The van der Waals surface area contributed by atoms with Gasteiger partial charge in [0.15, 0.2) is 5.78 Å². The van der Waals surface area contributed by atoms with Gasteiger partial charge in [0, 0.05) is 10.9 Å². The summed E-state index contributed by atoms with van der Waals surface area (Å²) in [5, 5.41) is 11.4. The summed E-state index contributed by atoms with van der Waals surface area (Å²) in [6.45, 7) is 1.93. The highest BCUT2D eigenvalue weighted by atomic mass is 79.9. The first-order valence-electron chi connectivity index (χ1n) is 7.06. The first-order valence-corrected chi connectivity index (χ1v) is 8.18. The summed E-state index contributed by atoms with van der Waals surface area (Å²) in [4.78, 5) is 12.8. The molecule has 0 bridgehead atoms. The molecule has 0 aliphatic heterocycles. The van der Waals surface area contributed by atoms with Crippen molar-refractivity contribution in [3.05, 3.63) is 71.8 Å². The van der Waals surface area contributed by atoms with E-state index in [-0.39, 0.29) is 5.78 Å². The number of aliphatic hydroxyl groups is 1. The third-order valence-electron chi connectivity index (χ3n) is 3.84. The summed E-state index contributed by atoms with van der Waals surface area (Å²) in [5.41, 5.74) is 0.195. The van der Waals surface area contributed by atoms with E-state index in [1.165, 1.54) is 0 Å². The van der Waals surface area contributed by atoms with Crippen LogP contribution in [0.4, 0.5) is 0 Å². The molecule has 0 amide bonds. The van der Waals surface area contributed by atoms with Crippen LogP contribution in [0.1, 0.15) is 29.3 Å². The fourth-order valence-corrected chi connectivity index (χ4v) is 3.36. The second kappa shape index (κ2) is 7.01. The Labute approximate surface area is 134 Å². The Balaban J connectivity index is 2.41. The SMILES string of the molecule is CC[C@@H](C(=O)c1ccccc1)[C@](O)(CBr)c1ccccc1. The van der Waals surface area contributed by atoms with Gasteiger partial charge in [-0.15, -0.1) is 0 Å². The molecule has 0 fully saturated rings. The summed E-state index contributed by atoms with van der Waals surface area (Å²) in [6.07, 6.45) is 0.574. The van der Waals surface area contributed by atoms with Crippen molar-refractivity contribution in [2.24, 2.45) is 5.92 Å². The van der Waals surface area contributed by atoms with Gasteiger partial charge in [0.2, 0.25) is 0 Å². The fourth-order valence-electron chi connectivity index (χ4n) is 2.64. The van der Waals surface area contributed by atoms with E-state index < -0.39 is 11.5 Å². The quantitative estimate of drug-likeness (QED) is 0.629. The number of hydrogen-bond acceptors (Lipinski definition) is 2. The number of Topliss-reactive ketones (excluding diaryl/α,β-unsaturated/α-hetero) is 1. The Morgan fingerprint density at radius 3 is 2.10 bits per heavy atom. The van der Waals surface area contributed by atoms with Gasteiger partial charge in [0.05, 0.1) is 5.92 Å². The predicted octanol–water partition coefficient (Wildman–Crippen LogP) is 4.18. The zero-order valence-corrected chi connectivity index (χ0v) is 13.6. The first kappa shape index (κ1) is 15.9. The maximum absolute atomic E-state index is 12.8. The minimum atomic E-state index is -1.21. The summed E-state index contributed by atoms with van der Waals surface area (Å²) in [7, 11) is 0. The van der Waals surface area contributed by atoms with Crippen LogP contribution in [0.15, 0.2) is 60.7 Å². The zero-order valence-electron chi connectivity index (χ0n) is 12.0. The highest BCUT2D eigenvalue weighted by Gasteiger charge is 2.41. The normalized spacial score (nSPS) is 15.2. The van der Waals surface area contributed by atoms with Gasteiger partial charge in [-0.25, -0.2) is 0 Å². The van der Waals surface area contributed by atoms with E-state index in [2.05, 4.69) is 15.9 Å². The second-order valence-corrected chi connectivity index (χ2v) is 5.68. The van der Waals surface area contributed by atoms with E-state index in [1.54, 1.807) is 12.1 Å². The minimum Gasteiger partial charge on any atom is -0.384 e. The number of carbonyl (C=O) groups excluding carboxylic acids is 1. The highest BCUT2D eigenvalue weighted by molar-refractivity contribution is 9.09. The van der Waals surface area contributed by atoms with Crippen LogP contribution in [0.3, 0.4) is 0 Å². The Kier molecular flexibility index (Phi) is 5.32. The molecule has 0 aliphatic rings. The van der Waals surface area contributed by atoms with Crippen molar-refractivity contribution >= 4 is 21.7 Å². The largest absolute Gasteiger partial charge is 0.384 e. The number of rotatable bonds is 6. The third kappa shape index (κ3) is 3.25. The number of benzene rings is 2. The monoisotopic (exact) mass is 346 g/mol. The van der Waals surface area contributed by atoms with Crippen LogP contribution in [0.2, 0.25) is 0 Å². The molecule has 21 heavy (non-hydrogen) atoms. The van der Waals surface area contributed by atoms with Crippen molar-refractivity contribution in [1.82, 2.24) is 0 Å². The molecule has 0 aliphatic carbocycles. The molecule has 1 N–H and O–H groups in total. The lowest BCUT2D eigenvalue weighted by molar-refractivity contribution is 0.00434. The Morgan fingerprint density at radius 2 is 1.62 bits per heavy atom. The van der Waals surface area contributed by atoms with Crippen LogP contribution in [-0.2, 0) is 5.60 Å². The molecule has 2 nitrogen and oxygen atoms in total. The summed E-state index contributed by atoms with van der Waals surface area (Å²) in [6, 6.07) is 18.5. The Bertz CT molecular complexity index is 583.